The summed E-state index contributed by atoms with van der Waals surface area (Å²) in [4.78, 5) is 4.55. The number of aromatic nitrogens is 1. The lowest BCUT2D eigenvalue weighted by Gasteiger charge is -2.07. The highest BCUT2D eigenvalue weighted by molar-refractivity contribution is 5.80. The van der Waals surface area contributed by atoms with Gasteiger partial charge in [0.2, 0.25) is 0 Å². The van der Waals surface area contributed by atoms with Crippen LogP contribution < -0.4 is 11.1 Å². The molecule has 3 rings (SSSR count). The molecule has 2 aromatic carbocycles. The highest BCUT2D eigenvalue weighted by Crippen LogP contribution is 2.19. The van der Waals surface area contributed by atoms with Crippen LogP contribution in [0.5, 0.6) is 0 Å². The van der Waals surface area contributed by atoms with E-state index >= 15 is 0 Å². The molecule has 0 saturated heterocycles. The number of pyridine rings is 1. The minimum absolute atomic E-state index is 0.737. The molecule has 0 saturated carbocycles. The van der Waals surface area contributed by atoms with Crippen LogP contribution in [0.1, 0.15) is 0 Å². The Kier molecular flexibility index (Phi) is 2.57. The second-order valence-corrected chi connectivity index (χ2v) is 4.14. The lowest BCUT2D eigenvalue weighted by molar-refractivity contribution is 1.37. The first-order chi connectivity index (χ1) is 8.81. The fourth-order valence-electron chi connectivity index (χ4n) is 1.90. The predicted octanol–water partition coefficient (Wildman–Crippen LogP) is 3.56. The third-order valence-corrected chi connectivity index (χ3v) is 2.76. The van der Waals surface area contributed by atoms with Gasteiger partial charge in [0.15, 0.2) is 0 Å². The molecule has 18 heavy (non-hydrogen) atoms. The molecule has 88 valence electrons. The van der Waals surface area contributed by atoms with Gasteiger partial charge in [-0.1, -0.05) is 24.3 Å². The third kappa shape index (κ3) is 2.11. The van der Waals surface area contributed by atoms with Crippen LogP contribution in [0.3, 0.4) is 0 Å². The molecule has 3 aromatic rings. The molecule has 0 bridgehead atoms. The third-order valence-electron chi connectivity index (χ3n) is 2.76. The topological polar surface area (TPSA) is 50.9 Å². The largest absolute Gasteiger partial charge is 0.399 e. The van der Waals surface area contributed by atoms with E-state index in [-0.39, 0.29) is 0 Å². The van der Waals surface area contributed by atoms with Crippen molar-refractivity contribution < 1.29 is 0 Å². The summed E-state index contributed by atoms with van der Waals surface area (Å²) in [6.45, 7) is 0. The molecule has 0 atom stereocenters. The van der Waals surface area contributed by atoms with Crippen LogP contribution in [0.25, 0.3) is 10.9 Å². The quantitative estimate of drug-likeness (QED) is 0.668. The molecular weight excluding hydrogens is 222 g/mol. The molecule has 0 unspecified atom stereocenters. The Morgan fingerprint density at radius 2 is 1.78 bits per heavy atom. The Bertz CT molecular complexity index is 692. The normalized spacial score (nSPS) is 10.4. The van der Waals surface area contributed by atoms with Gasteiger partial charge in [-0.25, -0.2) is 4.98 Å². The van der Waals surface area contributed by atoms with Crippen molar-refractivity contribution in [2.24, 2.45) is 0 Å². The zero-order valence-electron chi connectivity index (χ0n) is 9.80. The van der Waals surface area contributed by atoms with Crippen LogP contribution in [-0.4, -0.2) is 4.98 Å². The zero-order chi connectivity index (χ0) is 12.4. The SMILES string of the molecule is Nc1cccc(Nc2ccc3ccccc3n2)c1. The first-order valence-electron chi connectivity index (χ1n) is 5.80. The fraction of sp³-hybridized carbons (Fsp3) is 0. The monoisotopic (exact) mass is 235 g/mol. The van der Waals surface area contributed by atoms with E-state index in [1.54, 1.807) is 0 Å². The summed E-state index contributed by atoms with van der Waals surface area (Å²) in [5.74, 6) is 0.819. The van der Waals surface area contributed by atoms with Gasteiger partial charge in [0, 0.05) is 16.8 Å². The molecule has 3 nitrogen and oxygen atoms in total. The summed E-state index contributed by atoms with van der Waals surface area (Å²) >= 11 is 0. The summed E-state index contributed by atoms with van der Waals surface area (Å²) in [7, 11) is 0. The fourth-order valence-corrected chi connectivity index (χ4v) is 1.90. The Labute approximate surface area is 105 Å². The number of benzene rings is 2. The molecule has 0 aliphatic rings. The van der Waals surface area contributed by atoms with Crippen molar-refractivity contribution in [2.75, 3.05) is 11.1 Å². The molecule has 3 heteroatoms. The van der Waals surface area contributed by atoms with E-state index in [9.17, 15) is 0 Å². The smallest absolute Gasteiger partial charge is 0.131 e. The second-order valence-electron chi connectivity index (χ2n) is 4.14. The number of fused-ring (bicyclic) bond motifs is 1. The number of anilines is 3. The van der Waals surface area contributed by atoms with Crippen molar-refractivity contribution in [3.63, 3.8) is 0 Å². The van der Waals surface area contributed by atoms with Gasteiger partial charge in [-0.2, -0.15) is 0 Å². The van der Waals surface area contributed by atoms with Gasteiger partial charge in [-0.3, -0.25) is 0 Å². The molecule has 1 heterocycles. The number of hydrogen-bond acceptors (Lipinski definition) is 3. The van der Waals surface area contributed by atoms with Gasteiger partial charge in [-0.15, -0.1) is 0 Å². The maximum absolute atomic E-state index is 5.74. The van der Waals surface area contributed by atoms with Gasteiger partial charge >= 0.3 is 0 Å². The first-order valence-corrected chi connectivity index (χ1v) is 5.80. The highest BCUT2D eigenvalue weighted by atomic mass is 15.0. The average molecular weight is 235 g/mol. The second kappa shape index (κ2) is 4.37. The van der Waals surface area contributed by atoms with E-state index < -0.39 is 0 Å². The summed E-state index contributed by atoms with van der Waals surface area (Å²) in [5, 5.41) is 4.38. The lowest BCUT2D eigenvalue weighted by atomic mass is 10.2. The van der Waals surface area contributed by atoms with Gasteiger partial charge in [0.25, 0.3) is 0 Å². The Balaban J connectivity index is 1.95. The molecule has 3 N–H and O–H groups in total. The Morgan fingerprint density at radius 3 is 2.67 bits per heavy atom. The van der Waals surface area contributed by atoms with Crippen molar-refractivity contribution in [1.82, 2.24) is 4.98 Å². The molecule has 0 aliphatic carbocycles. The molecule has 0 fully saturated rings. The van der Waals surface area contributed by atoms with Crippen LogP contribution in [0.2, 0.25) is 0 Å². The molecule has 0 amide bonds. The van der Waals surface area contributed by atoms with Gasteiger partial charge < -0.3 is 11.1 Å². The van der Waals surface area contributed by atoms with Crippen molar-refractivity contribution in [1.29, 1.82) is 0 Å². The summed E-state index contributed by atoms with van der Waals surface area (Å²) in [5.41, 5.74) is 8.40. The van der Waals surface area contributed by atoms with E-state index in [0.717, 1.165) is 28.1 Å². The van der Waals surface area contributed by atoms with Crippen LogP contribution in [0.4, 0.5) is 17.2 Å². The number of rotatable bonds is 2. The van der Waals surface area contributed by atoms with E-state index in [1.165, 1.54) is 0 Å². The van der Waals surface area contributed by atoms with Crippen LogP contribution in [0, 0.1) is 0 Å². The van der Waals surface area contributed by atoms with E-state index in [1.807, 2.05) is 54.6 Å². The molecule has 0 radical (unpaired) electrons. The minimum atomic E-state index is 0.737. The number of nitrogens with one attached hydrogen (secondary N) is 1. The van der Waals surface area contributed by atoms with Crippen LogP contribution in [-0.2, 0) is 0 Å². The van der Waals surface area contributed by atoms with Crippen molar-refractivity contribution in [2.45, 2.75) is 0 Å². The highest BCUT2D eigenvalue weighted by Gasteiger charge is 1.98. The first kappa shape index (κ1) is 10.6. The summed E-state index contributed by atoms with van der Waals surface area (Å²) in [6, 6.07) is 19.7. The van der Waals surface area contributed by atoms with Crippen molar-refractivity contribution >= 4 is 28.1 Å². The zero-order valence-corrected chi connectivity index (χ0v) is 9.80. The van der Waals surface area contributed by atoms with Crippen molar-refractivity contribution in [3.05, 3.63) is 60.7 Å². The maximum Gasteiger partial charge on any atom is 0.131 e. The van der Waals surface area contributed by atoms with E-state index in [0.29, 0.717) is 0 Å². The predicted molar refractivity (Wildman–Crippen MR) is 75.9 cm³/mol. The van der Waals surface area contributed by atoms with Crippen molar-refractivity contribution in [3.8, 4) is 0 Å². The van der Waals surface area contributed by atoms with E-state index in [4.69, 9.17) is 5.73 Å². The average Bonchev–Trinajstić information content (AvgIpc) is 2.39. The van der Waals surface area contributed by atoms with E-state index in [2.05, 4.69) is 16.4 Å². The molecule has 0 aliphatic heterocycles. The van der Waals surface area contributed by atoms with Gasteiger partial charge in [0.1, 0.15) is 5.82 Å². The summed E-state index contributed by atoms with van der Waals surface area (Å²) in [6.07, 6.45) is 0. The molecule has 0 spiro atoms. The molecular formula is C15H13N3. The maximum atomic E-state index is 5.74. The van der Waals surface area contributed by atoms with Crippen LogP contribution in [0.15, 0.2) is 60.7 Å². The minimum Gasteiger partial charge on any atom is -0.399 e. The molecule has 1 aromatic heterocycles. The van der Waals surface area contributed by atoms with Gasteiger partial charge in [0.05, 0.1) is 5.52 Å². The number of nitrogen functional groups attached to an aromatic ring is 1. The Morgan fingerprint density at radius 1 is 0.889 bits per heavy atom. The Hall–Kier alpha value is -2.55. The standard InChI is InChI=1S/C15H13N3/c16-12-5-3-6-13(10-12)17-15-9-8-11-4-1-2-7-14(11)18-15/h1-10H,16H2,(H,17,18). The summed E-state index contributed by atoms with van der Waals surface area (Å²) < 4.78 is 0. The number of nitrogens with two attached hydrogens (primary N) is 1. The number of hydrogen-bond donors (Lipinski definition) is 2. The van der Waals surface area contributed by atoms with Crippen LogP contribution >= 0.6 is 0 Å². The van der Waals surface area contributed by atoms with Gasteiger partial charge in [-0.05, 0) is 36.4 Å². The lowest BCUT2D eigenvalue weighted by Crippen LogP contribution is -1.94. The number of para-hydroxylation sites is 1. The number of nitrogens with zero attached hydrogens (tertiary/aromatic N) is 1.